The first kappa shape index (κ1) is 13.4. The number of nitrogens with zero attached hydrogens (tertiary/aromatic N) is 1. The van der Waals surface area contributed by atoms with E-state index in [-0.39, 0.29) is 12.3 Å². The Morgan fingerprint density at radius 3 is 2.58 bits per heavy atom. The van der Waals surface area contributed by atoms with Gasteiger partial charge in [0, 0.05) is 17.3 Å². The molecule has 98 valence electrons. The van der Waals surface area contributed by atoms with Crippen LogP contribution in [0.15, 0.2) is 42.6 Å². The number of anilines is 1. The van der Waals surface area contributed by atoms with Crippen molar-refractivity contribution >= 4 is 23.2 Å². The predicted octanol–water partition coefficient (Wildman–Crippen LogP) is 2.18. The first-order valence-electron chi connectivity index (χ1n) is 5.85. The number of nitrogen functional groups attached to an aromatic ring is 1. The van der Waals surface area contributed by atoms with Gasteiger partial charge in [-0.15, -0.1) is 0 Å². The molecule has 0 radical (unpaired) electrons. The maximum absolute atomic E-state index is 11.7. The van der Waals surface area contributed by atoms with Gasteiger partial charge in [0.15, 0.2) is 0 Å². The number of rotatable bonds is 4. The summed E-state index contributed by atoms with van der Waals surface area (Å²) in [7, 11) is 0. The van der Waals surface area contributed by atoms with Crippen LogP contribution in [-0.2, 0) is 17.8 Å². The fraction of sp³-hybridized carbons (Fsp3) is 0.143. The molecule has 0 aliphatic heterocycles. The molecule has 1 amide bonds. The van der Waals surface area contributed by atoms with Crippen LogP contribution in [0.4, 0.5) is 5.69 Å². The lowest BCUT2D eigenvalue weighted by Gasteiger charge is -2.05. The Labute approximate surface area is 116 Å². The smallest absolute Gasteiger partial charge is 0.226 e. The summed E-state index contributed by atoms with van der Waals surface area (Å²) in [6, 6.07) is 10.8. The number of carbonyl (C=O) groups is 1. The van der Waals surface area contributed by atoms with Gasteiger partial charge >= 0.3 is 0 Å². The molecule has 0 aliphatic carbocycles. The zero-order chi connectivity index (χ0) is 13.7. The largest absolute Gasteiger partial charge is 0.397 e. The molecule has 2 aromatic rings. The summed E-state index contributed by atoms with van der Waals surface area (Å²) in [5, 5.41) is 3.51. The summed E-state index contributed by atoms with van der Waals surface area (Å²) in [6.07, 6.45) is 1.79. The van der Waals surface area contributed by atoms with Gasteiger partial charge in [0.05, 0.1) is 18.3 Å². The van der Waals surface area contributed by atoms with E-state index >= 15 is 0 Å². The highest BCUT2D eigenvalue weighted by Crippen LogP contribution is 2.09. The molecule has 19 heavy (non-hydrogen) atoms. The van der Waals surface area contributed by atoms with E-state index in [1.165, 1.54) is 0 Å². The Balaban J connectivity index is 1.84. The number of benzene rings is 1. The summed E-state index contributed by atoms with van der Waals surface area (Å²) < 4.78 is 0. The van der Waals surface area contributed by atoms with Crippen LogP contribution >= 0.6 is 11.6 Å². The van der Waals surface area contributed by atoms with Gasteiger partial charge in [-0.05, 0) is 29.8 Å². The molecular weight excluding hydrogens is 262 g/mol. The molecule has 3 N–H and O–H groups in total. The van der Waals surface area contributed by atoms with Gasteiger partial charge in [0.1, 0.15) is 0 Å². The number of nitrogens with two attached hydrogens (primary N) is 1. The lowest BCUT2D eigenvalue weighted by Crippen LogP contribution is -2.24. The van der Waals surface area contributed by atoms with E-state index in [0.29, 0.717) is 22.9 Å². The van der Waals surface area contributed by atoms with Gasteiger partial charge in [-0.3, -0.25) is 9.78 Å². The molecule has 0 fully saturated rings. The number of halogens is 1. The lowest BCUT2D eigenvalue weighted by atomic mass is 10.2. The number of amides is 1. The van der Waals surface area contributed by atoms with Crippen molar-refractivity contribution in [2.24, 2.45) is 0 Å². The third kappa shape index (κ3) is 4.26. The minimum absolute atomic E-state index is 0.0766. The molecule has 0 bridgehead atoms. The molecule has 1 aromatic heterocycles. The molecule has 4 nitrogen and oxygen atoms in total. The summed E-state index contributed by atoms with van der Waals surface area (Å²) in [4.78, 5) is 15.8. The van der Waals surface area contributed by atoms with E-state index < -0.39 is 0 Å². The minimum Gasteiger partial charge on any atom is -0.397 e. The Morgan fingerprint density at radius 1 is 1.21 bits per heavy atom. The van der Waals surface area contributed by atoms with Crippen LogP contribution < -0.4 is 11.1 Å². The van der Waals surface area contributed by atoms with E-state index in [4.69, 9.17) is 17.3 Å². The quantitative estimate of drug-likeness (QED) is 0.899. The average molecular weight is 276 g/mol. The molecule has 1 aromatic carbocycles. The van der Waals surface area contributed by atoms with Gasteiger partial charge in [-0.1, -0.05) is 23.7 Å². The Kier molecular flexibility index (Phi) is 4.36. The van der Waals surface area contributed by atoms with Crippen molar-refractivity contribution in [3.8, 4) is 0 Å². The molecule has 5 heteroatoms. The molecule has 0 aliphatic rings. The van der Waals surface area contributed by atoms with Crippen LogP contribution in [0.5, 0.6) is 0 Å². The second-order valence-corrected chi connectivity index (χ2v) is 4.60. The number of hydrogen-bond donors (Lipinski definition) is 2. The van der Waals surface area contributed by atoms with Crippen molar-refractivity contribution in [2.45, 2.75) is 13.0 Å². The fourth-order valence-corrected chi connectivity index (χ4v) is 1.70. The van der Waals surface area contributed by atoms with Crippen LogP contribution in [0.1, 0.15) is 11.3 Å². The number of hydrogen-bond acceptors (Lipinski definition) is 3. The number of carbonyl (C=O) groups excluding carboxylic acids is 1. The third-order valence-corrected chi connectivity index (χ3v) is 2.84. The van der Waals surface area contributed by atoms with Crippen LogP contribution in [0.3, 0.4) is 0 Å². The van der Waals surface area contributed by atoms with Gasteiger partial charge in [0.25, 0.3) is 0 Å². The highest BCUT2D eigenvalue weighted by atomic mass is 35.5. The van der Waals surface area contributed by atoms with Crippen molar-refractivity contribution in [3.05, 3.63) is 58.9 Å². The SMILES string of the molecule is Nc1ccc(CC(=O)NCc2ccc(Cl)cc2)nc1. The average Bonchev–Trinajstić information content (AvgIpc) is 2.41. The van der Waals surface area contributed by atoms with Gasteiger partial charge in [-0.25, -0.2) is 0 Å². The van der Waals surface area contributed by atoms with Crippen molar-refractivity contribution in [2.75, 3.05) is 5.73 Å². The van der Waals surface area contributed by atoms with E-state index in [1.807, 2.05) is 12.1 Å². The summed E-state index contributed by atoms with van der Waals surface area (Å²) in [5.41, 5.74) is 7.82. The third-order valence-electron chi connectivity index (χ3n) is 2.59. The molecule has 0 atom stereocenters. The molecule has 0 saturated carbocycles. The van der Waals surface area contributed by atoms with E-state index in [0.717, 1.165) is 5.56 Å². The molecule has 0 saturated heterocycles. The predicted molar refractivity (Wildman–Crippen MR) is 75.7 cm³/mol. The van der Waals surface area contributed by atoms with Gasteiger partial charge in [0.2, 0.25) is 5.91 Å². The van der Waals surface area contributed by atoms with Crippen molar-refractivity contribution in [1.82, 2.24) is 10.3 Å². The molecular formula is C14H14ClN3O. The maximum atomic E-state index is 11.7. The zero-order valence-electron chi connectivity index (χ0n) is 10.3. The van der Waals surface area contributed by atoms with E-state index in [9.17, 15) is 4.79 Å². The highest BCUT2D eigenvalue weighted by molar-refractivity contribution is 6.30. The van der Waals surface area contributed by atoms with Crippen LogP contribution in [-0.4, -0.2) is 10.9 Å². The second-order valence-electron chi connectivity index (χ2n) is 4.16. The highest BCUT2D eigenvalue weighted by Gasteiger charge is 2.04. The van der Waals surface area contributed by atoms with E-state index in [1.54, 1.807) is 30.5 Å². The van der Waals surface area contributed by atoms with Gasteiger partial charge < -0.3 is 11.1 Å². The van der Waals surface area contributed by atoms with Crippen molar-refractivity contribution < 1.29 is 4.79 Å². The molecule has 2 rings (SSSR count). The molecule has 1 heterocycles. The monoisotopic (exact) mass is 275 g/mol. The Morgan fingerprint density at radius 2 is 1.95 bits per heavy atom. The van der Waals surface area contributed by atoms with Gasteiger partial charge in [-0.2, -0.15) is 0 Å². The minimum atomic E-state index is -0.0766. The van der Waals surface area contributed by atoms with Crippen LogP contribution in [0, 0.1) is 0 Å². The zero-order valence-corrected chi connectivity index (χ0v) is 11.0. The Bertz CT molecular complexity index is 552. The second kappa shape index (κ2) is 6.20. The summed E-state index contributed by atoms with van der Waals surface area (Å²) >= 11 is 5.79. The van der Waals surface area contributed by atoms with Crippen LogP contribution in [0.2, 0.25) is 5.02 Å². The first-order chi connectivity index (χ1) is 9.13. The van der Waals surface area contributed by atoms with Crippen LogP contribution in [0.25, 0.3) is 0 Å². The molecule has 0 unspecified atom stereocenters. The number of aromatic nitrogens is 1. The normalized spacial score (nSPS) is 10.2. The van der Waals surface area contributed by atoms with E-state index in [2.05, 4.69) is 10.3 Å². The maximum Gasteiger partial charge on any atom is 0.226 e. The summed E-state index contributed by atoms with van der Waals surface area (Å²) in [5.74, 6) is -0.0766. The lowest BCUT2D eigenvalue weighted by molar-refractivity contribution is -0.120. The fourth-order valence-electron chi connectivity index (χ4n) is 1.57. The van der Waals surface area contributed by atoms with Crippen molar-refractivity contribution in [1.29, 1.82) is 0 Å². The first-order valence-corrected chi connectivity index (χ1v) is 6.23. The number of pyridine rings is 1. The van der Waals surface area contributed by atoms with Crippen molar-refractivity contribution in [3.63, 3.8) is 0 Å². The topological polar surface area (TPSA) is 68.0 Å². The number of nitrogens with one attached hydrogen (secondary N) is 1. The summed E-state index contributed by atoms with van der Waals surface area (Å²) in [6.45, 7) is 0.477. The standard InChI is InChI=1S/C14H14ClN3O/c15-11-3-1-10(2-4-11)8-18-14(19)7-13-6-5-12(16)9-17-13/h1-6,9H,7-8,16H2,(H,18,19). The molecule has 0 spiro atoms. The Hall–Kier alpha value is -2.07.